The lowest BCUT2D eigenvalue weighted by Gasteiger charge is -2.26. The Bertz CT molecular complexity index is 535. The second-order valence-electron chi connectivity index (χ2n) is 10.3. The second-order valence-corrected chi connectivity index (χ2v) is 10.3. The van der Waals surface area contributed by atoms with Gasteiger partial charge in [0.25, 0.3) is 0 Å². The molecule has 3 unspecified atom stereocenters. The van der Waals surface area contributed by atoms with E-state index >= 15 is 0 Å². The van der Waals surface area contributed by atoms with E-state index in [2.05, 4.69) is 43.5 Å². The van der Waals surface area contributed by atoms with Gasteiger partial charge in [-0.05, 0) is 64.2 Å². The fourth-order valence-electron chi connectivity index (χ4n) is 4.33. The van der Waals surface area contributed by atoms with Gasteiger partial charge in [0.1, 0.15) is 6.10 Å². The minimum absolute atomic E-state index is 0.176. The summed E-state index contributed by atoms with van der Waals surface area (Å²) in [5.74, 6) is -0.176. The van der Waals surface area contributed by atoms with E-state index in [0.29, 0.717) is 12.8 Å². The van der Waals surface area contributed by atoms with Crippen LogP contribution in [0.3, 0.4) is 0 Å². The molecule has 212 valence electrons. The second kappa shape index (κ2) is 26.9. The Balaban J connectivity index is 3.85. The molecule has 0 aliphatic rings. The Morgan fingerprint density at radius 2 is 1.11 bits per heavy atom. The first-order chi connectivity index (χ1) is 17.6. The predicted octanol–water partition coefficient (Wildman–Crippen LogP) is 7.14. The number of carbonyl (C=O) groups is 1. The summed E-state index contributed by atoms with van der Waals surface area (Å²) in [4.78, 5) is 12.2. The Hall–Kier alpha value is -1.17. The number of aliphatic hydroxyl groups excluding tert-OH is 3. The average molecular weight is 510 g/mol. The molecule has 0 heterocycles. The SMILES string of the molecule is CCCCCC/C=C/CCCC(O)C(O)C(CO)NC(=O)CCCCC/C=C\CCCCCCCC. The Kier molecular flexibility index (Phi) is 26.0. The van der Waals surface area contributed by atoms with Gasteiger partial charge < -0.3 is 20.6 Å². The highest BCUT2D eigenvalue weighted by atomic mass is 16.3. The lowest BCUT2D eigenvalue weighted by Crippen LogP contribution is -2.50. The number of carbonyl (C=O) groups excluding carboxylic acids is 1. The van der Waals surface area contributed by atoms with Crippen molar-refractivity contribution in [3.63, 3.8) is 0 Å². The molecule has 0 bridgehead atoms. The van der Waals surface area contributed by atoms with E-state index < -0.39 is 18.2 Å². The van der Waals surface area contributed by atoms with E-state index in [1.54, 1.807) is 0 Å². The van der Waals surface area contributed by atoms with E-state index in [1.807, 2.05) is 0 Å². The van der Waals surface area contributed by atoms with Gasteiger partial charge in [-0.15, -0.1) is 0 Å². The summed E-state index contributed by atoms with van der Waals surface area (Å²) in [5.41, 5.74) is 0. The summed E-state index contributed by atoms with van der Waals surface area (Å²) in [6.07, 6.45) is 28.4. The van der Waals surface area contributed by atoms with Crippen molar-refractivity contribution in [3.05, 3.63) is 24.3 Å². The van der Waals surface area contributed by atoms with Gasteiger partial charge in [0.15, 0.2) is 0 Å². The maximum Gasteiger partial charge on any atom is 0.220 e. The van der Waals surface area contributed by atoms with Crippen LogP contribution >= 0.6 is 0 Å². The van der Waals surface area contributed by atoms with Crippen LogP contribution in [-0.2, 0) is 4.79 Å². The molecule has 0 aromatic rings. The van der Waals surface area contributed by atoms with Crippen LogP contribution in [0.2, 0.25) is 0 Å². The summed E-state index contributed by atoms with van der Waals surface area (Å²) in [6, 6.07) is -0.827. The first kappa shape index (κ1) is 34.8. The van der Waals surface area contributed by atoms with Crippen molar-refractivity contribution >= 4 is 5.91 Å². The first-order valence-electron chi connectivity index (χ1n) is 15.1. The highest BCUT2D eigenvalue weighted by molar-refractivity contribution is 5.76. The Morgan fingerprint density at radius 1 is 0.667 bits per heavy atom. The number of allylic oxidation sites excluding steroid dienone is 4. The van der Waals surface area contributed by atoms with Gasteiger partial charge in [-0.3, -0.25) is 4.79 Å². The third kappa shape index (κ3) is 22.1. The highest BCUT2D eigenvalue weighted by Gasteiger charge is 2.26. The maximum absolute atomic E-state index is 12.2. The Morgan fingerprint density at radius 3 is 1.64 bits per heavy atom. The molecule has 5 heteroatoms. The van der Waals surface area contributed by atoms with E-state index in [9.17, 15) is 20.1 Å². The summed E-state index contributed by atoms with van der Waals surface area (Å²) >= 11 is 0. The molecule has 0 aromatic carbocycles. The third-order valence-corrected chi connectivity index (χ3v) is 6.78. The molecule has 0 aromatic heterocycles. The molecule has 4 N–H and O–H groups in total. The van der Waals surface area contributed by atoms with Gasteiger partial charge in [-0.25, -0.2) is 0 Å². The minimum Gasteiger partial charge on any atom is -0.394 e. The smallest absolute Gasteiger partial charge is 0.220 e. The third-order valence-electron chi connectivity index (χ3n) is 6.78. The van der Waals surface area contributed by atoms with Gasteiger partial charge in [-0.1, -0.05) is 95.9 Å². The van der Waals surface area contributed by atoms with Crippen molar-refractivity contribution in [2.24, 2.45) is 0 Å². The molecule has 0 saturated heterocycles. The zero-order valence-electron chi connectivity index (χ0n) is 23.6. The van der Waals surface area contributed by atoms with E-state index in [1.165, 1.54) is 70.6 Å². The summed E-state index contributed by atoms with van der Waals surface area (Å²) < 4.78 is 0. The molecule has 0 radical (unpaired) electrons. The molecule has 0 aliphatic carbocycles. The quantitative estimate of drug-likeness (QED) is 0.0737. The monoisotopic (exact) mass is 509 g/mol. The van der Waals surface area contributed by atoms with Crippen LogP contribution in [0.1, 0.15) is 142 Å². The zero-order chi connectivity index (χ0) is 26.7. The molecule has 0 rings (SSSR count). The van der Waals surface area contributed by atoms with Gasteiger partial charge in [0, 0.05) is 6.42 Å². The van der Waals surface area contributed by atoms with E-state index in [0.717, 1.165) is 44.9 Å². The molecule has 3 atom stereocenters. The first-order valence-corrected chi connectivity index (χ1v) is 15.1. The van der Waals surface area contributed by atoms with Crippen LogP contribution in [0.5, 0.6) is 0 Å². The summed E-state index contributed by atoms with van der Waals surface area (Å²) in [5, 5.41) is 33.0. The largest absolute Gasteiger partial charge is 0.394 e. The minimum atomic E-state index is -1.16. The normalized spacial score (nSPS) is 14.5. The number of hydrogen-bond donors (Lipinski definition) is 4. The van der Waals surface area contributed by atoms with Crippen molar-refractivity contribution in [1.82, 2.24) is 5.32 Å². The van der Waals surface area contributed by atoms with Crippen molar-refractivity contribution in [2.45, 2.75) is 161 Å². The Labute approximate surface area is 222 Å². The van der Waals surface area contributed by atoms with Crippen molar-refractivity contribution < 1.29 is 20.1 Å². The van der Waals surface area contributed by atoms with Crippen molar-refractivity contribution in [2.75, 3.05) is 6.61 Å². The molecule has 36 heavy (non-hydrogen) atoms. The number of nitrogens with one attached hydrogen (secondary N) is 1. The molecular weight excluding hydrogens is 450 g/mol. The number of amides is 1. The van der Waals surface area contributed by atoms with Gasteiger partial charge >= 0.3 is 0 Å². The average Bonchev–Trinajstić information content (AvgIpc) is 2.88. The molecule has 1 amide bonds. The van der Waals surface area contributed by atoms with Crippen LogP contribution in [0.4, 0.5) is 0 Å². The number of unbranched alkanes of at least 4 members (excludes halogenated alkanes) is 14. The van der Waals surface area contributed by atoms with Crippen LogP contribution in [0, 0.1) is 0 Å². The van der Waals surface area contributed by atoms with Gasteiger partial charge in [0.2, 0.25) is 5.91 Å². The number of hydrogen-bond acceptors (Lipinski definition) is 4. The fourth-order valence-corrected chi connectivity index (χ4v) is 4.33. The molecular formula is C31H59NO4. The van der Waals surface area contributed by atoms with Crippen LogP contribution in [-0.4, -0.2) is 46.1 Å². The molecule has 0 saturated carbocycles. The highest BCUT2D eigenvalue weighted by Crippen LogP contribution is 2.12. The van der Waals surface area contributed by atoms with E-state index in [4.69, 9.17) is 0 Å². The lowest BCUT2D eigenvalue weighted by atomic mass is 10.0. The lowest BCUT2D eigenvalue weighted by molar-refractivity contribution is -0.124. The van der Waals surface area contributed by atoms with Crippen molar-refractivity contribution in [1.29, 1.82) is 0 Å². The number of aliphatic hydroxyl groups is 3. The predicted molar refractivity (Wildman–Crippen MR) is 153 cm³/mol. The van der Waals surface area contributed by atoms with Crippen molar-refractivity contribution in [3.8, 4) is 0 Å². The summed E-state index contributed by atoms with van der Waals surface area (Å²) in [6.45, 7) is 4.07. The summed E-state index contributed by atoms with van der Waals surface area (Å²) in [7, 11) is 0. The maximum atomic E-state index is 12.2. The van der Waals surface area contributed by atoms with Crippen LogP contribution in [0.25, 0.3) is 0 Å². The molecule has 0 spiro atoms. The fraction of sp³-hybridized carbons (Fsp3) is 0.839. The van der Waals surface area contributed by atoms with Crippen LogP contribution < -0.4 is 5.32 Å². The van der Waals surface area contributed by atoms with Gasteiger partial charge in [-0.2, -0.15) is 0 Å². The number of rotatable bonds is 26. The zero-order valence-corrected chi connectivity index (χ0v) is 23.6. The standard InChI is InChI=1S/C31H59NO4/c1-3-5-7-9-11-13-14-15-16-18-20-22-24-26-30(35)32-28(27-33)31(36)29(34)25-23-21-19-17-12-10-8-6-4-2/h15-17,19,28-29,31,33-34,36H,3-14,18,20-27H2,1-2H3,(H,32,35)/b16-15-,19-17+. The molecule has 5 nitrogen and oxygen atoms in total. The van der Waals surface area contributed by atoms with Crippen LogP contribution in [0.15, 0.2) is 24.3 Å². The molecule has 0 aliphatic heterocycles. The van der Waals surface area contributed by atoms with E-state index in [-0.39, 0.29) is 12.5 Å². The van der Waals surface area contributed by atoms with Gasteiger partial charge in [0.05, 0.1) is 18.8 Å². The topological polar surface area (TPSA) is 89.8 Å². The molecule has 0 fully saturated rings.